The summed E-state index contributed by atoms with van der Waals surface area (Å²) in [6.07, 6.45) is 0. The molecule has 4 rings (SSSR count). The Hall–Kier alpha value is -2.88. The number of phenolic OH excluding ortho intramolecular Hbond substituents is 2. The summed E-state index contributed by atoms with van der Waals surface area (Å²) in [5, 5.41) is 29.8. The van der Waals surface area contributed by atoms with Crippen molar-refractivity contribution >= 4 is 27.7 Å². The normalized spacial score (nSPS) is 9.62. The SMILES string of the molecule is C=O.Cc1ccc([O-])cc1.Cc1cccc(O)c1.O=S(=O)(O)c1ccc2cc(O)ccc2c1.[Na+]. The molecule has 0 aromatic heterocycles. The zero-order valence-corrected chi connectivity index (χ0v) is 22.0. The van der Waals surface area contributed by atoms with Gasteiger partial charge < -0.3 is 20.1 Å². The molecule has 4 aromatic carbocycles. The van der Waals surface area contributed by atoms with Gasteiger partial charge in [-0.25, -0.2) is 0 Å². The first-order valence-electron chi connectivity index (χ1n) is 9.53. The van der Waals surface area contributed by atoms with Gasteiger partial charge in [0.25, 0.3) is 10.1 Å². The Bertz CT molecular complexity index is 1240. The first-order valence-corrected chi connectivity index (χ1v) is 11.0. The van der Waals surface area contributed by atoms with E-state index in [0.717, 1.165) is 11.1 Å². The van der Waals surface area contributed by atoms with E-state index in [-0.39, 0.29) is 46.0 Å². The van der Waals surface area contributed by atoms with Gasteiger partial charge >= 0.3 is 29.6 Å². The maximum absolute atomic E-state index is 10.8. The number of hydrogen-bond donors (Lipinski definition) is 3. The summed E-state index contributed by atoms with van der Waals surface area (Å²) >= 11 is 0. The molecule has 34 heavy (non-hydrogen) atoms. The molecule has 0 saturated carbocycles. The summed E-state index contributed by atoms with van der Waals surface area (Å²) in [4.78, 5) is 7.85. The number of aryl methyl sites for hydroxylation is 2. The van der Waals surface area contributed by atoms with Gasteiger partial charge in [0.2, 0.25) is 0 Å². The number of phenols is 2. The van der Waals surface area contributed by atoms with Crippen LogP contribution in [0.5, 0.6) is 17.2 Å². The molecule has 0 heterocycles. The van der Waals surface area contributed by atoms with Crippen LogP contribution in [0.4, 0.5) is 0 Å². The van der Waals surface area contributed by atoms with Gasteiger partial charge in [-0.05, 0) is 66.6 Å². The van der Waals surface area contributed by atoms with Crippen molar-refractivity contribution in [3.05, 3.63) is 96.1 Å². The second kappa shape index (κ2) is 15.1. The van der Waals surface area contributed by atoms with E-state index < -0.39 is 10.1 Å². The second-order valence-corrected chi connectivity index (χ2v) is 8.24. The average molecular weight is 493 g/mol. The molecular formula is C25H25NaO7S. The van der Waals surface area contributed by atoms with Crippen LogP contribution in [0, 0.1) is 13.8 Å². The quantitative estimate of drug-likeness (QED) is 0.270. The Labute approximate surface area is 221 Å². The van der Waals surface area contributed by atoms with Crippen molar-refractivity contribution in [1.29, 1.82) is 0 Å². The Balaban J connectivity index is 0.000000491. The molecule has 174 valence electrons. The molecule has 0 radical (unpaired) electrons. The fourth-order valence-corrected chi connectivity index (χ4v) is 3.05. The van der Waals surface area contributed by atoms with E-state index in [9.17, 15) is 18.6 Å². The van der Waals surface area contributed by atoms with E-state index in [1.807, 2.05) is 44.9 Å². The largest absolute Gasteiger partial charge is 1.00 e. The Morgan fingerprint density at radius 2 is 1.24 bits per heavy atom. The molecule has 3 N–H and O–H groups in total. The van der Waals surface area contributed by atoms with E-state index in [0.29, 0.717) is 16.5 Å². The van der Waals surface area contributed by atoms with Crippen LogP contribution in [0.15, 0.2) is 89.8 Å². The van der Waals surface area contributed by atoms with E-state index >= 15 is 0 Å². The molecule has 0 spiro atoms. The van der Waals surface area contributed by atoms with Gasteiger partial charge in [-0.2, -0.15) is 8.42 Å². The zero-order chi connectivity index (χ0) is 25.0. The number of aromatic hydroxyl groups is 2. The molecule has 7 nitrogen and oxygen atoms in total. The van der Waals surface area contributed by atoms with Gasteiger partial charge in [0, 0.05) is 0 Å². The molecule has 0 aliphatic carbocycles. The summed E-state index contributed by atoms with van der Waals surface area (Å²) in [5.74, 6) is 0.530. The molecule has 0 fully saturated rings. The fraction of sp³-hybridized carbons (Fsp3) is 0.0800. The van der Waals surface area contributed by atoms with Crippen LogP contribution in [-0.4, -0.2) is 30.0 Å². The van der Waals surface area contributed by atoms with Gasteiger partial charge in [-0.3, -0.25) is 4.55 Å². The minimum Gasteiger partial charge on any atom is -0.872 e. The van der Waals surface area contributed by atoms with Crippen LogP contribution in [-0.2, 0) is 14.9 Å². The summed E-state index contributed by atoms with van der Waals surface area (Å²) in [6, 6.07) is 22.6. The van der Waals surface area contributed by atoms with Crippen molar-refractivity contribution in [3.63, 3.8) is 0 Å². The minimum atomic E-state index is -4.17. The predicted molar refractivity (Wildman–Crippen MR) is 126 cm³/mol. The smallest absolute Gasteiger partial charge is 0.872 e. The van der Waals surface area contributed by atoms with Crippen LogP contribution in [0.25, 0.3) is 10.8 Å². The van der Waals surface area contributed by atoms with Gasteiger partial charge in [0.1, 0.15) is 18.3 Å². The molecule has 0 aliphatic rings. The van der Waals surface area contributed by atoms with E-state index in [1.165, 1.54) is 30.3 Å². The van der Waals surface area contributed by atoms with E-state index in [2.05, 4.69) is 0 Å². The number of fused-ring (bicyclic) bond motifs is 1. The fourth-order valence-electron chi connectivity index (χ4n) is 2.54. The average Bonchev–Trinajstić information content (AvgIpc) is 2.77. The first-order chi connectivity index (χ1) is 15.5. The van der Waals surface area contributed by atoms with Crippen LogP contribution in [0.1, 0.15) is 11.1 Å². The van der Waals surface area contributed by atoms with Gasteiger partial charge in [0.15, 0.2) is 0 Å². The molecule has 0 aliphatic heterocycles. The molecule has 0 bridgehead atoms. The molecule has 0 atom stereocenters. The summed E-state index contributed by atoms with van der Waals surface area (Å²) in [5.41, 5.74) is 2.22. The van der Waals surface area contributed by atoms with Crippen LogP contribution in [0.3, 0.4) is 0 Å². The zero-order valence-electron chi connectivity index (χ0n) is 19.2. The monoisotopic (exact) mass is 492 g/mol. The first kappa shape index (κ1) is 31.1. The molecule has 0 amide bonds. The standard InChI is InChI=1S/C10H8O4S.2C7H8O.CH2O.Na/c11-9-3-1-8-6-10(15(12,13)14)4-2-7(8)5-9;1-6-2-4-7(8)5-3-6;1-6-3-2-4-7(8)5-6;1-2;/h1-6,11H,(H,12,13,14);2*2-5,8H,1H3;1H2;/q;;;;+1/p-1. The second-order valence-electron chi connectivity index (χ2n) is 6.82. The van der Waals surface area contributed by atoms with Crippen molar-refractivity contribution < 1.29 is 62.6 Å². The van der Waals surface area contributed by atoms with Crippen molar-refractivity contribution in [2.75, 3.05) is 0 Å². The number of rotatable bonds is 1. The number of carbonyl (C=O) groups excluding carboxylic acids is 1. The Morgan fingerprint density at radius 1 is 0.706 bits per heavy atom. The summed E-state index contributed by atoms with van der Waals surface area (Å²) < 4.78 is 30.5. The number of benzene rings is 4. The van der Waals surface area contributed by atoms with E-state index in [4.69, 9.17) is 14.5 Å². The molecule has 0 saturated heterocycles. The van der Waals surface area contributed by atoms with Gasteiger partial charge in [0.05, 0.1) is 4.90 Å². The Kier molecular flexibility index (Phi) is 13.8. The maximum atomic E-state index is 10.8. The maximum Gasteiger partial charge on any atom is 1.00 e. The van der Waals surface area contributed by atoms with Crippen molar-refractivity contribution in [2.24, 2.45) is 0 Å². The Morgan fingerprint density at radius 3 is 1.71 bits per heavy atom. The van der Waals surface area contributed by atoms with Gasteiger partial charge in [-0.15, -0.1) is 5.75 Å². The molecule has 0 unspecified atom stereocenters. The van der Waals surface area contributed by atoms with Crippen molar-refractivity contribution in [3.8, 4) is 17.2 Å². The van der Waals surface area contributed by atoms with Gasteiger partial charge in [-0.1, -0.05) is 54.1 Å². The summed E-state index contributed by atoms with van der Waals surface area (Å²) in [7, 11) is -4.17. The topological polar surface area (TPSA) is 135 Å². The van der Waals surface area contributed by atoms with Crippen molar-refractivity contribution in [2.45, 2.75) is 18.7 Å². The number of hydrogen-bond acceptors (Lipinski definition) is 6. The van der Waals surface area contributed by atoms with Crippen LogP contribution in [0.2, 0.25) is 0 Å². The summed E-state index contributed by atoms with van der Waals surface area (Å²) in [6.45, 7) is 5.90. The third-order valence-corrected chi connectivity index (χ3v) is 4.97. The minimum absolute atomic E-state index is 0. The number of carbonyl (C=O) groups is 1. The molecule has 9 heteroatoms. The third kappa shape index (κ3) is 11.3. The van der Waals surface area contributed by atoms with Crippen molar-refractivity contribution in [1.82, 2.24) is 0 Å². The van der Waals surface area contributed by atoms with Crippen LogP contribution < -0.4 is 34.7 Å². The molecule has 4 aromatic rings. The van der Waals surface area contributed by atoms with Crippen LogP contribution >= 0.6 is 0 Å². The van der Waals surface area contributed by atoms with E-state index in [1.54, 1.807) is 30.3 Å². The third-order valence-electron chi connectivity index (χ3n) is 4.12. The molecular weight excluding hydrogens is 467 g/mol. The predicted octanol–water partition coefficient (Wildman–Crippen LogP) is 1.38.